The minimum absolute atomic E-state index is 1.16. The van der Waals surface area contributed by atoms with Gasteiger partial charge in [-0.05, 0) is 0 Å². The van der Waals surface area contributed by atoms with Crippen LogP contribution in [0.1, 0.15) is 96.3 Å². The van der Waals surface area contributed by atoms with Crippen molar-refractivity contribution in [3.63, 3.8) is 0 Å². The van der Waals surface area contributed by atoms with Crippen molar-refractivity contribution < 1.29 is 18.8 Å². The van der Waals surface area contributed by atoms with E-state index < -0.39 is 7.26 Å². The van der Waals surface area contributed by atoms with Crippen LogP contribution in [-0.2, 0) is 18.8 Å². The van der Waals surface area contributed by atoms with Crippen molar-refractivity contribution in [2.45, 2.75) is 113 Å². The van der Waals surface area contributed by atoms with Crippen molar-refractivity contribution in [2.24, 2.45) is 0 Å². The first-order valence-electron chi connectivity index (χ1n) is 10.6. The average Bonchev–Trinajstić information content (AvgIpc) is 2.70. The molecule has 0 heterocycles. The van der Waals surface area contributed by atoms with Crippen LogP contribution >= 0.6 is 16.7 Å². The van der Waals surface area contributed by atoms with E-state index in [2.05, 4.69) is 22.1 Å². The fourth-order valence-electron chi connectivity index (χ4n) is 6.67. The monoisotopic (exact) mass is 552 g/mol. The molecule has 3 aliphatic rings. The topological polar surface area (TPSA) is 0 Å². The van der Waals surface area contributed by atoms with Gasteiger partial charge in [-0.15, -0.1) is 0 Å². The maximum absolute atomic E-state index is 4.61. The van der Waals surface area contributed by atoms with Crippen LogP contribution in [0, 0.1) is 0 Å². The standard InChI is InChI=1S/C21H39P.ClH.Pt/c1-2-18-22(19-12-6-3-7-13-19,20-14-8-4-9-15-20)21-16-10-5-11-17-21;;/h2,19-22H,1,3-18H2;1H;/q;;+1/p-1. The Kier molecular flexibility index (Phi) is 10.5. The first kappa shape index (κ1) is 21.4. The Morgan fingerprint density at radius 2 is 0.958 bits per heavy atom. The molecule has 145 valence electrons. The molecule has 0 unspecified atom stereocenters. The average molecular weight is 553 g/mol. The summed E-state index contributed by atoms with van der Waals surface area (Å²) in [5, 5.41) is 0. The molecule has 24 heavy (non-hydrogen) atoms. The zero-order valence-corrected chi connectivity index (χ0v) is 19.6. The van der Waals surface area contributed by atoms with Crippen LogP contribution in [0.25, 0.3) is 0 Å². The van der Waals surface area contributed by atoms with Crippen molar-refractivity contribution in [3.05, 3.63) is 12.7 Å². The molecule has 0 atom stereocenters. The van der Waals surface area contributed by atoms with E-state index in [1.807, 2.05) is 0 Å². The summed E-state index contributed by atoms with van der Waals surface area (Å²) >= 11 is 1.61. The minimum atomic E-state index is -1.21. The van der Waals surface area contributed by atoms with Crippen LogP contribution in [0.3, 0.4) is 0 Å². The van der Waals surface area contributed by atoms with Crippen LogP contribution in [0.15, 0.2) is 12.7 Å². The number of rotatable bonds is 5. The van der Waals surface area contributed by atoms with Crippen molar-refractivity contribution in [3.8, 4) is 0 Å². The normalized spacial score (nSPS) is 25.6. The second-order valence-corrected chi connectivity index (χ2v) is 13.7. The van der Waals surface area contributed by atoms with Gasteiger partial charge in [0, 0.05) is 0 Å². The Morgan fingerprint density at radius 3 is 1.21 bits per heavy atom. The molecular weight excluding hydrogens is 514 g/mol. The predicted octanol–water partition coefficient (Wildman–Crippen LogP) is 7.61. The van der Waals surface area contributed by atoms with Crippen LogP contribution < -0.4 is 0 Å². The Morgan fingerprint density at radius 1 is 0.667 bits per heavy atom. The van der Waals surface area contributed by atoms with Gasteiger partial charge in [-0.3, -0.25) is 0 Å². The molecule has 3 saturated carbocycles. The molecule has 3 fully saturated rings. The third kappa shape index (κ3) is 5.11. The summed E-state index contributed by atoms with van der Waals surface area (Å²) in [6.45, 7) is 4.26. The van der Waals surface area contributed by atoms with Gasteiger partial charge >= 0.3 is 168 Å². The molecule has 0 amide bonds. The van der Waals surface area contributed by atoms with E-state index in [-0.39, 0.29) is 0 Å². The summed E-state index contributed by atoms with van der Waals surface area (Å²) in [6, 6.07) is 0. The zero-order valence-electron chi connectivity index (χ0n) is 15.5. The first-order valence-corrected chi connectivity index (χ1v) is 15.9. The van der Waals surface area contributed by atoms with Gasteiger partial charge in [0.1, 0.15) is 0 Å². The molecule has 0 N–H and O–H groups in total. The number of hydrogen-bond donors (Lipinski definition) is 0. The fraction of sp³-hybridized carbons (Fsp3) is 0.905. The van der Waals surface area contributed by atoms with E-state index >= 15 is 0 Å². The van der Waals surface area contributed by atoms with Gasteiger partial charge in [-0.1, -0.05) is 0 Å². The Balaban J connectivity index is 0.00000100. The summed E-state index contributed by atoms with van der Waals surface area (Å²) in [6.07, 6.45) is 27.2. The molecule has 3 aliphatic carbocycles. The van der Waals surface area contributed by atoms with Gasteiger partial charge in [0.25, 0.3) is 0 Å². The Hall–Kier alpha value is 1.15. The molecular formula is C21H39ClPPt. The Bertz CT molecular complexity index is 296. The molecule has 0 aromatic heterocycles. The maximum atomic E-state index is 4.61. The SMILES string of the molecule is C=CC[PH](C1CCCCC1)(C1CCCCC1)C1CCCCC1.[Cl][Pt]. The summed E-state index contributed by atoms with van der Waals surface area (Å²) in [5.41, 5.74) is 3.47. The first-order chi connectivity index (χ1) is 11.9. The number of allylic oxidation sites excluding steroid dienone is 1. The zero-order chi connectivity index (χ0) is 17.3. The molecule has 0 nitrogen and oxygen atoms in total. The van der Waals surface area contributed by atoms with E-state index in [4.69, 9.17) is 0 Å². The van der Waals surface area contributed by atoms with Gasteiger partial charge in [-0.2, -0.15) is 0 Å². The van der Waals surface area contributed by atoms with Crippen molar-refractivity contribution >= 4 is 16.7 Å². The summed E-state index contributed by atoms with van der Waals surface area (Å²) in [7, 11) is 3.40. The van der Waals surface area contributed by atoms with Crippen molar-refractivity contribution in [2.75, 3.05) is 6.16 Å². The predicted molar refractivity (Wildman–Crippen MR) is 110 cm³/mol. The van der Waals surface area contributed by atoms with Crippen LogP contribution in [0.4, 0.5) is 0 Å². The number of halogens is 1. The Labute approximate surface area is 167 Å². The quantitative estimate of drug-likeness (QED) is 0.243. The van der Waals surface area contributed by atoms with Gasteiger partial charge < -0.3 is 0 Å². The second kappa shape index (κ2) is 11.8. The molecule has 0 saturated heterocycles. The van der Waals surface area contributed by atoms with Gasteiger partial charge in [-0.25, -0.2) is 0 Å². The van der Waals surface area contributed by atoms with Crippen molar-refractivity contribution in [1.29, 1.82) is 0 Å². The second-order valence-electron chi connectivity index (χ2n) is 8.61. The van der Waals surface area contributed by atoms with E-state index in [9.17, 15) is 0 Å². The molecule has 0 aliphatic heterocycles. The van der Waals surface area contributed by atoms with Gasteiger partial charge in [0.05, 0.1) is 0 Å². The molecule has 0 aromatic carbocycles. The third-order valence-electron chi connectivity index (χ3n) is 7.59. The number of hydrogen-bond acceptors (Lipinski definition) is 0. The molecule has 0 bridgehead atoms. The van der Waals surface area contributed by atoms with E-state index in [0.29, 0.717) is 0 Å². The molecule has 0 spiro atoms. The summed E-state index contributed by atoms with van der Waals surface area (Å²) < 4.78 is 0. The van der Waals surface area contributed by atoms with Gasteiger partial charge in [0.2, 0.25) is 0 Å². The molecule has 3 heteroatoms. The van der Waals surface area contributed by atoms with Crippen LogP contribution in [-0.4, -0.2) is 23.1 Å². The van der Waals surface area contributed by atoms with E-state index in [0.717, 1.165) is 17.0 Å². The summed E-state index contributed by atoms with van der Waals surface area (Å²) in [5.74, 6) is 0. The third-order valence-corrected chi connectivity index (χ3v) is 14.9. The molecule has 0 aromatic rings. The van der Waals surface area contributed by atoms with Crippen LogP contribution in [0.5, 0.6) is 0 Å². The van der Waals surface area contributed by atoms with E-state index in [1.54, 1.807) is 57.3 Å². The molecule has 0 radical (unpaired) electrons. The summed E-state index contributed by atoms with van der Waals surface area (Å²) in [4.78, 5) is 0. The van der Waals surface area contributed by atoms with Crippen LogP contribution in [0.2, 0.25) is 0 Å². The fourth-order valence-corrected chi connectivity index (χ4v) is 14.6. The van der Waals surface area contributed by atoms with Gasteiger partial charge in [0.15, 0.2) is 0 Å². The molecule has 3 rings (SSSR count). The van der Waals surface area contributed by atoms with E-state index in [1.165, 1.54) is 63.9 Å². The van der Waals surface area contributed by atoms with Crippen molar-refractivity contribution in [1.82, 2.24) is 0 Å².